The monoisotopic (exact) mass is 521 g/mol. The van der Waals surface area contributed by atoms with Crippen LogP contribution in [0.5, 0.6) is 5.75 Å². The lowest BCUT2D eigenvalue weighted by atomic mass is 10.00. The normalized spacial score (nSPS) is 16.2. The average Bonchev–Trinajstić information content (AvgIpc) is 2.90. The lowest BCUT2D eigenvalue weighted by molar-refractivity contribution is -0.139. The van der Waals surface area contributed by atoms with E-state index in [1.54, 1.807) is 12.0 Å². The van der Waals surface area contributed by atoms with E-state index in [0.29, 0.717) is 25.1 Å². The number of hydrogen-bond acceptors (Lipinski definition) is 5. The molecule has 1 fully saturated rings. The highest BCUT2D eigenvalue weighted by Crippen LogP contribution is 2.23. The summed E-state index contributed by atoms with van der Waals surface area (Å²) in [7, 11) is 0.919. The molecule has 3 aromatic rings. The van der Waals surface area contributed by atoms with Gasteiger partial charge in [-0.15, -0.1) is 0 Å². The highest BCUT2D eigenvalue weighted by Gasteiger charge is 2.35. The van der Waals surface area contributed by atoms with E-state index < -0.39 is 10.0 Å². The number of piperazine rings is 1. The van der Waals surface area contributed by atoms with Crippen LogP contribution in [0.1, 0.15) is 21.5 Å². The third-order valence-electron chi connectivity index (χ3n) is 6.49. The van der Waals surface area contributed by atoms with Crippen LogP contribution in [-0.4, -0.2) is 74.7 Å². The molecule has 0 saturated carbocycles. The zero-order valence-electron chi connectivity index (χ0n) is 21.2. The van der Waals surface area contributed by atoms with Crippen LogP contribution >= 0.6 is 0 Å². The first-order valence-electron chi connectivity index (χ1n) is 12.0. The van der Waals surface area contributed by atoms with Gasteiger partial charge in [0.2, 0.25) is 15.9 Å². The van der Waals surface area contributed by atoms with Gasteiger partial charge in [0.15, 0.2) is 0 Å². The molecule has 0 aromatic heterocycles. The standard InChI is InChI=1S/C28H31N3O5S/c1-29(2)37(34,35)26-14-12-23(13-15-26)28(33)30-19-24(16-21-8-5-4-6-9-21)31(27(32)20-30)18-22-10-7-11-25(17-22)36-3/h4-15,17,24H,16,18-20H2,1-3H3/t24-/m0/s1. The summed E-state index contributed by atoms with van der Waals surface area (Å²) >= 11 is 0. The minimum Gasteiger partial charge on any atom is -0.497 e. The lowest BCUT2D eigenvalue weighted by Gasteiger charge is -2.41. The number of methoxy groups -OCH3 is 1. The van der Waals surface area contributed by atoms with E-state index in [1.807, 2.05) is 59.5 Å². The predicted molar refractivity (Wildman–Crippen MR) is 141 cm³/mol. The average molecular weight is 522 g/mol. The van der Waals surface area contributed by atoms with Crippen LogP contribution in [0, 0.1) is 0 Å². The molecule has 2 amide bonds. The Labute approximate surface area is 218 Å². The van der Waals surface area contributed by atoms with Crippen molar-refractivity contribution >= 4 is 21.8 Å². The van der Waals surface area contributed by atoms with Crippen molar-refractivity contribution in [3.05, 3.63) is 95.6 Å². The van der Waals surface area contributed by atoms with Crippen molar-refractivity contribution in [1.29, 1.82) is 0 Å². The number of ether oxygens (including phenoxy) is 1. The number of rotatable bonds is 8. The third-order valence-corrected chi connectivity index (χ3v) is 8.32. The number of carbonyl (C=O) groups is 2. The maximum Gasteiger partial charge on any atom is 0.254 e. The van der Waals surface area contributed by atoms with Crippen molar-refractivity contribution in [2.75, 3.05) is 34.3 Å². The van der Waals surface area contributed by atoms with Gasteiger partial charge >= 0.3 is 0 Å². The summed E-state index contributed by atoms with van der Waals surface area (Å²) in [6.07, 6.45) is 0.598. The highest BCUT2D eigenvalue weighted by atomic mass is 32.2. The Morgan fingerprint density at radius 2 is 1.65 bits per heavy atom. The smallest absolute Gasteiger partial charge is 0.254 e. The Morgan fingerprint density at radius 3 is 2.30 bits per heavy atom. The lowest BCUT2D eigenvalue weighted by Crippen LogP contribution is -2.58. The van der Waals surface area contributed by atoms with Gasteiger partial charge in [0.05, 0.1) is 18.0 Å². The number of sulfonamides is 1. The SMILES string of the molecule is COc1cccc(CN2C(=O)CN(C(=O)c3ccc(S(=O)(=O)N(C)C)cc3)C[C@@H]2Cc2ccccc2)c1. The van der Waals surface area contributed by atoms with Crippen LogP contribution in [0.2, 0.25) is 0 Å². The van der Waals surface area contributed by atoms with E-state index in [4.69, 9.17) is 4.74 Å². The molecule has 0 unspecified atom stereocenters. The quantitative estimate of drug-likeness (QED) is 0.455. The summed E-state index contributed by atoms with van der Waals surface area (Å²) in [5, 5.41) is 0. The van der Waals surface area contributed by atoms with Crippen molar-refractivity contribution in [1.82, 2.24) is 14.1 Å². The van der Waals surface area contributed by atoms with Crippen LogP contribution < -0.4 is 4.74 Å². The summed E-state index contributed by atoms with van der Waals surface area (Å²) in [6, 6.07) is 23.1. The highest BCUT2D eigenvalue weighted by molar-refractivity contribution is 7.89. The Bertz CT molecular complexity index is 1360. The van der Waals surface area contributed by atoms with Crippen LogP contribution in [0.3, 0.4) is 0 Å². The zero-order valence-corrected chi connectivity index (χ0v) is 22.0. The summed E-state index contributed by atoms with van der Waals surface area (Å²) in [4.78, 5) is 30.2. The number of amides is 2. The van der Waals surface area contributed by atoms with Crippen molar-refractivity contribution < 1.29 is 22.7 Å². The molecule has 37 heavy (non-hydrogen) atoms. The molecular weight excluding hydrogens is 490 g/mol. The van der Waals surface area contributed by atoms with Crippen molar-refractivity contribution in [2.24, 2.45) is 0 Å². The molecule has 9 heteroatoms. The van der Waals surface area contributed by atoms with Gasteiger partial charge in [-0.05, 0) is 53.9 Å². The molecule has 0 spiro atoms. The van der Waals surface area contributed by atoms with E-state index in [0.717, 1.165) is 21.2 Å². The molecule has 0 radical (unpaired) electrons. The largest absolute Gasteiger partial charge is 0.497 e. The van der Waals surface area contributed by atoms with Gasteiger partial charge in [0.1, 0.15) is 12.3 Å². The molecule has 4 rings (SSSR count). The van der Waals surface area contributed by atoms with E-state index >= 15 is 0 Å². The van der Waals surface area contributed by atoms with E-state index in [9.17, 15) is 18.0 Å². The molecule has 0 N–H and O–H groups in total. The maximum absolute atomic E-state index is 13.4. The van der Waals surface area contributed by atoms with Gasteiger partial charge in [0.25, 0.3) is 5.91 Å². The molecule has 0 bridgehead atoms. The number of hydrogen-bond donors (Lipinski definition) is 0. The number of nitrogens with zero attached hydrogens (tertiary/aromatic N) is 3. The van der Waals surface area contributed by atoms with Gasteiger partial charge in [-0.2, -0.15) is 0 Å². The van der Waals surface area contributed by atoms with Crippen molar-refractivity contribution in [3.8, 4) is 5.75 Å². The van der Waals surface area contributed by atoms with E-state index in [2.05, 4.69) is 0 Å². The van der Waals surface area contributed by atoms with Gasteiger partial charge in [-0.3, -0.25) is 9.59 Å². The van der Waals surface area contributed by atoms with Gasteiger partial charge in [0, 0.05) is 32.7 Å². The van der Waals surface area contributed by atoms with Crippen LogP contribution in [0.25, 0.3) is 0 Å². The van der Waals surface area contributed by atoms with Crippen LogP contribution in [0.15, 0.2) is 83.8 Å². The molecule has 194 valence electrons. The second kappa shape index (κ2) is 11.1. The number of carbonyl (C=O) groups excluding carboxylic acids is 2. The van der Waals surface area contributed by atoms with Crippen molar-refractivity contribution in [2.45, 2.75) is 23.9 Å². The second-order valence-corrected chi connectivity index (χ2v) is 11.4. The molecule has 8 nitrogen and oxygen atoms in total. The summed E-state index contributed by atoms with van der Waals surface area (Å²) in [6.45, 7) is 0.722. The molecule has 3 aromatic carbocycles. The Hall–Kier alpha value is -3.69. The minimum atomic E-state index is -3.60. The third kappa shape index (κ3) is 6.00. The molecule has 1 aliphatic heterocycles. The van der Waals surface area contributed by atoms with Crippen LogP contribution in [-0.2, 0) is 27.8 Å². The second-order valence-electron chi connectivity index (χ2n) is 9.21. The topological polar surface area (TPSA) is 87.2 Å². The predicted octanol–water partition coefficient (Wildman–Crippen LogP) is 3.04. The summed E-state index contributed by atoms with van der Waals surface area (Å²) in [5.41, 5.74) is 2.36. The zero-order chi connectivity index (χ0) is 26.6. The first-order valence-corrected chi connectivity index (χ1v) is 13.4. The fraction of sp³-hybridized carbons (Fsp3) is 0.286. The van der Waals surface area contributed by atoms with E-state index in [1.165, 1.54) is 38.4 Å². The Balaban J connectivity index is 1.57. The first kappa shape index (κ1) is 26.4. The van der Waals surface area contributed by atoms with Crippen molar-refractivity contribution in [3.63, 3.8) is 0 Å². The van der Waals surface area contributed by atoms with E-state index in [-0.39, 0.29) is 29.3 Å². The summed E-state index contributed by atoms with van der Waals surface area (Å²) < 4.78 is 31.2. The Morgan fingerprint density at radius 1 is 0.973 bits per heavy atom. The van der Waals surface area contributed by atoms with Gasteiger partial charge in [-0.1, -0.05) is 42.5 Å². The van der Waals surface area contributed by atoms with Crippen LogP contribution in [0.4, 0.5) is 0 Å². The number of benzene rings is 3. The first-order chi connectivity index (χ1) is 17.7. The Kier molecular flexibility index (Phi) is 7.94. The summed E-state index contributed by atoms with van der Waals surface area (Å²) in [5.74, 6) is 0.273. The minimum absolute atomic E-state index is 0.0498. The molecule has 1 saturated heterocycles. The maximum atomic E-state index is 13.4. The molecule has 1 atom stereocenters. The van der Waals surface area contributed by atoms with Gasteiger partial charge < -0.3 is 14.5 Å². The molecule has 0 aliphatic carbocycles. The van der Waals surface area contributed by atoms with Gasteiger partial charge in [-0.25, -0.2) is 12.7 Å². The fourth-order valence-corrected chi connectivity index (χ4v) is 5.34. The fourth-order valence-electron chi connectivity index (χ4n) is 4.44. The molecule has 1 heterocycles. The molecular formula is C28H31N3O5S. The molecule has 1 aliphatic rings.